The summed E-state index contributed by atoms with van der Waals surface area (Å²) < 4.78 is 12.2. The number of halogens is 1. The SMILES string of the molecule is Nc1cccc(Cl)c1S(=O)CCc1ccccc1. The van der Waals surface area contributed by atoms with E-state index in [-0.39, 0.29) is 0 Å². The molecule has 0 aromatic heterocycles. The first kappa shape index (κ1) is 13.1. The second kappa shape index (κ2) is 6.03. The highest BCUT2D eigenvalue weighted by Crippen LogP contribution is 2.26. The van der Waals surface area contributed by atoms with Crippen molar-refractivity contribution in [2.45, 2.75) is 11.3 Å². The fraction of sp³-hybridized carbons (Fsp3) is 0.143. The first-order valence-corrected chi connectivity index (χ1v) is 7.34. The van der Waals surface area contributed by atoms with Crippen molar-refractivity contribution in [2.75, 3.05) is 11.5 Å². The Labute approximate surface area is 114 Å². The average Bonchev–Trinajstić information content (AvgIpc) is 2.37. The molecule has 1 atom stereocenters. The molecule has 0 heterocycles. The van der Waals surface area contributed by atoms with Crippen LogP contribution in [0.4, 0.5) is 5.69 Å². The molecular formula is C14H14ClNOS. The van der Waals surface area contributed by atoms with Gasteiger partial charge in [0.2, 0.25) is 0 Å². The van der Waals surface area contributed by atoms with Gasteiger partial charge in [0.05, 0.1) is 20.7 Å². The second-order valence-electron chi connectivity index (χ2n) is 3.94. The van der Waals surface area contributed by atoms with Crippen LogP contribution in [0.1, 0.15) is 5.56 Å². The first-order valence-electron chi connectivity index (χ1n) is 5.65. The molecule has 0 spiro atoms. The molecular weight excluding hydrogens is 266 g/mol. The lowest BCUT2D eigenvalue weighted by atomic mass is 10.2. The number of nitrogen functional groups attached to an aromatic ring is 1. The molecule has 2 aromatic carbocycles. The fourth-order valence-corrected chi connectivity index (χ4v) is 3.40. The molecule has 2 N–H and O–H groups in total. The third kappa shape index (κ3) is 3.12. The first-order chi connectivity index (χ1) is 8.68. The van der Waals surface area contributed by atoms with E-state index >= 15 is 0 Å². The summed E-state index contributed by atoms with van der Waals surface area (Å²) in [7, 11) is -1.16. The number of rotatable bonds is 4. The minimum Gasteiger partial charge on any atom is -0.398 e. The average molecular weight is 280 g/mol. The topological polar surface area (TPSA) is 43.1 Å². The van der Waals surface area contributed by atoms with Gasteiger partial charge < -0.3 is 5.73 Å². The zero-order chi connectivity index (χ0) is 13.0. The number of hydrogen-bond acceptors (Lipinski definition) is 2. The maximum atomic E-state index is 12.2. The highest BCUT2D eigenvalue weighted by Gasteiger charge is 2.12. The molecule has 0 aliphatic rings. The predicted octanol–water partition coefficient (Wildman–Crippen LogP) is 3.27. The molecule has 0 aliphatic heterocycles. The van der Waals surface area contributed by atoms with Crippen molar-refractivity contribution >= 4 is 28.1 Å². The maximum Gasteiger partial charge on any atom is 0.0803 e. The molecule has 4 heteroatoms. The molecule has 0 saturated heterocycles. The largest absolute Gasteiger partial charge is 0.398 e. The highest BCUT2D eigenvalue weighted by molar-refractivity contribution is 7.85. The van der Waals surface area contributed by atoms with Crippen LogP contribution in [-0.2, 0) is 17.2 Å². The van der Waals surface area contributed by atoms with E-state index in [9.17, 15) is 4.21 Å². The van der Waals surface area contributed by atoms with Gasteiger partial charge in [0, 0.05) is 11.4 Å². The van der Waals surface area contributed by atoms with E-state index in [0.29, 0.717) is 21.4 Å². The van der Waals surface area contributed by atoms with Gasteiger partial charge in [0.15, 0.2) is 0 Å². The molecule has 18 heavy (non-hydrogen) atoms. The smallest absolute Gasteiger partial charge is 0.0803 e. The van der Waals surface area contributed by atoms with Gasteiger partial charge in [0.1, 0.15) is 0 Å². The maximum absolute atomic E-state index is 12.2. The molecule has 0 bridgehead atoms. The van der Waals surface area contributed by atoms with Crippen LogP contribution < -0.4 is 5.73 Å². The van der Waals surface area contributed by atoms with Crippen LogP contribution in [0.3, 0.4) is 0 Å². The summed E-state index contributed by atoms with van der Waals surface area (Å²) in [5, 5.41) is 0.474. The molecule has 94 valence electrons. The van der Waals surface area contributed by atoms with E-state index in [0.717, 1.165) is 12.0 Å². The van der Waals surface area contributed by atoms with Gasteiger partial charge >= 0.3 is 0 Å². The van der Waals surface area contributed by atoms with Crippen LogP contribution in [0, 0.1) is 0 Å². The summed E-state index contributed by atoms with van der Waals surface area (Å²) in [6, 6.07) is 15.2. The van der Waals surface area contributed by atoms with Gasteiger partial charge in [-0.2, -0.15) is 0 Å². The Morgan fingerprint density at radius 2 is 1.78 bits per heavy atom. The minimum absolute atomic E-state index is 0.474. The van der Waals surface area contributed by atoms with Crippen molar-refractivity contribution in [3.05, 3.63) is 59.1 Å². The Bertz CT molecular complexity index is 537. The highest BCUT2D eigenvalue weighted by atomic mass is 35.5. The molecule has 2 aromatic rings. The van der Waals surface area contributed by atoms with E-state index in [1.807, 2.05) is 30.3 Å². The van der Waals surface area contributed by atoms with Gasteiger partial charge in [0.25, 0.3) is 0 Å². The van der Waals surface area contributed by atoms with Crippen LogP contribution in [0.2, 0.25) is 5.02 Å². The van der Waals surface area contributed by atoms with Crippen LogP contribution in [-0.4, -0.2) is 9.96 Å². The van der Waals surface area contributed by atoms with Gasteiger partial charge in [-0.15, -0.1) is 0 Å². The lowest BCUT2D eigenvalue weighted by molar-refractivity contribution is 0.682. The predicted molar refractivity (Wildman–Crippen MR) is 77.3 cm³/mol. The van der Waals surface area contributed by atoms with Crippen molar-refractivity contribution in [1.29, 1.82) is 0 Å². The molecule has 2 rings (SSSR count). The van der Waals surface area contributed by atoms with Crippen molar-refractivity contribution in [3.63, 3.8) is 0 Å². The van der Waals surface area contributed by atoms with Gasteiger partial charge in [-0.1, -0.05) is 48.0 Å². The molecule has 0 saturated carbocycles. The molecule has 1 unspecified atom stereocenters. The second-order valence-corrected chi connectivity index (χ2v) is 5.86. The van der Waals surface area contributed by atoms with Crippen LogP contribution in [0.5, 0.6) is 0 Å². The Morgan fingerprint density at radius 3 is 2.44 bits per heavy atom. The number of nitrogens with two attached hydrogens (primary N) is 1. The van der Waals surface area contributed by atoms with Crippen molar-refractivity contribution in [2.24, 2.45) is 0 Å². The van der Waals surface area contributed by atoms with Gasteiger partial charge in [-0.25, -0.2) is 0 Å². The Morgan fingerprint density at radius 1 is 1.06 bits per heavy atom. The van der Waals surface area contributed by atoms with Crippen molar-refractivity contribution < 1.29 is 4.21 Å². The van der Waals surface area contributed by atoms with Gasteiger partial charge in [-0.3, -0.25) is 4.21 Å². The van der Waals surface area contributed by atoms with Crippen molar-refractivity contribution in [3.8, 4) is 0 Å². The Balaban J connectivity index is 2.09. The van der Waals surface area contributed by atoms with E-state index in [1.54, 1.807) is 18.2 Å². The van der Waals surface area contributed by atoms with E-state index < -0.39 is 10.8 Å². The standard InChI is InChI=1S/C14H14ClNOS/c15-12-7-4-8-13(16)14(12)18(17)10-9-11-5-2-1-3-6-11/h1-8H,9-10,16H2. The lowest BCUT2D eigenvalue weighted by Gasteiger charge is -2.07. The lowest BCUT2D eigenvalue weighted by Crippen LogP contribution is -2.05. The Kier molecular flexibility index (Phi) is 4.39. The normalized spacial score (nSPS) is 12.3. The molecule has 0 aliphatic carbocycles. The van der Waals surface area contributed by atoms with Crippen LogP contribution in [0.25, 0.3) is 0 Å². The minimum atomic E-state index is -1.16. The number of hydrogen-bond donors (Lipinski definition) is 1. The molecule has 0 amide bonds. The van der Waals surface area contributed by atoms with E-state index in [1.165, 1.54) is 0 Å². The Hall–Kier alpha value is -1.32. The van der Waals surface area contributed by atoms with Crippen molar-refractivity contribution in [1.82, 2.24) is 0 Å². The summed E-state index contributed by atoms with van der Waals surface area (Å²) in [5.74, 6) is 0.526. The zero-order valence-corrected chi connectivity index (χ0v) is 11.4. The quantitative estimate of drug-likeness (QED) is 0.873. The number of benzene rings is 2. The third-order valence-corrected chi connectivity index (χ3v) is 4.56. The summed E-state index contributed by atoms with van der Waals surface area (Å²) in [6.45, 7) is 0. The van der Waals surface area contributed by atoms with Crippen LogP contribution in [0.15, 0.2) is 53.4 Å². The van der Waals surface area contributed by atoms with E-state index in [4.69, 9.17) is 17.3 Å². The summed E-state index contributed by atoms with van der Waals surface area (Å²) >= 11 is 6.03. The molecule has 0 fully saturated rings. The molecule has 2 nitrogen and oxygen atoms in total. The molecule has 0 radical (unpaired) electrons. The fourth-order valence-electron chi connectivity index (χ4n) is 1.72. The van der Waals surface area contributed by atoms with E-state index in [2.05, 4.69) is 0 Å². The third-order valence-electron chi connectivity index (χ3n) is 2.64. The van der Waals surface area contributed by atoms with Crippen LogP contribution >= 0.6 is 11.6 Å². The number of aryl methyl sites for hydroxylation is 1. The summed E-state index contributed by atoms with van der Waals surface area (Å²) in [5.41, 5.74) is 7.47. The monoisotopic (exact) mass is 279 g/mol. The van der Waals surface area contributed by atoms with Gasteiger partial charge in [-0.05, 0) is 24.1 Å². The number of anilines is 1. The zero-order valence-electron chi connectivity index (χ0n) is 9.80. The summed E-state index contributed by atoms with van der Waals surface area (Å²) in [6.07, 6.45) is 0.748. The summed E-state index contributed by atoms with van der Waals surface area (Å²) in [4.78, 5) is 0.551.